The Morgan fingerprint density at radius 2 is 2.10 bits per heavy atom. The van der Waals surface area contributed by atoms with Gasteiger partial charge in [0.25, 0.3) is 0 Å². The number of rotatable bonds is 4. The van der Waals surface area contributed by atoms with Gasteiger partial charge in [0.05, 0.1) is 0 Å². The smallest absolute Gasteiger partial charge is 0.0472 e. The van der Waals surface area contributed by atoms with Gasteiger partial charge in [-0.05, 0) is 42.4 Å². The first kappa shape index (κ1) is 14.9. The summed E-state index contributed by atoms with van der Waals surface area (Å²) < 4.78 is 0. The third-order valence-corrected chi connectivity index (χ3v) is 5.19. The number of H-pyrrole nitrogens is 1. The van der Waals surface area contributed by atoms with Crippen LogP contribution in [0.1, 0.15) is 45.1 Å². The molecular weight excluding hydrogens is 280 g/mol. The summed E-state index contributed by atoms with van der Waals surface area (Å²) in [6.45, 7) is 5.66. The Kier molecular flexibility index (Phi) is 4.56. The second-order valence-corrected chi connectivity index (χ2v) is 7.12. The molecule has 2 unspecified atom stereocenters. The lowest BCUT2D eigenvalue weighted by Crippen LogP contribution is -2.40. The van der Waals surface area contributed by atoms with Gasteiger partial charge in [-0.15, -0.1) is 0 Å². The maximum Gasteiger partial charge on any atom is 0.0472 e. The number of aromatic amines is 1. The zero-order chi connectivity index (χ0) is 14.8. The van der Waals surface area contributed by atoms with E-state index in [-0.39, 0.29) is 0 Å². The topological polar surface area (TPSA) is 27.8 Å². The number of aromatic nitrogens is 1. The minimum absolute atomic E-state index is 0.663. The Hall–Kier alpha value is -0.990. The van der Waals surface area contributed by atoms with Crippen LogP contribution in [0.25, 0.3) is 10.9 Å². The molecule has 1 heterocycles. The van der Waals surface area contributed by atoms with Crippen molar-refractivity contribution in [2.24, 2.45) is 11.8 Å². The van der Waals surface area contributed by atoms with Crippen molar-refractivity contribution in [2.75, 3.05) is 0 Å². The molecule has 1 aromatic carbocycles. The Balaban J connectivity index is 1.70. The molecule has 2 atom stereocenters. The summed E-state index contributed by atoms with van der Waals surface area (Å²) in [7, 11) is 0. The zero-order valence-corrected chi connectivity index (χ0v) is 13.7. The maximum absolute atomic E-state index is 6.05. The minimum Gasteiger partial charge on any atom is -0.361 e. The molecular formula is C18H25ClN2. The van der Waals surface area contributed by atoms with Gasteiger partial charge in [0, 0.05) is 34.7 Å². The molecule has 2 aromatic rings. The summed E-state index contributed by atoms with van der Waals surface area (Å²) in [5.74, 6) is 1.59. The van der Waals surface area contributed by atoms with Crippen LogP contribution in [-0.4, -0.2) is 11.0 Å². The van der Waals surface area contributed by atoms with E-state index in [0.717, 1.165) is 28.9 Å². The van der Waals surface area contributed by atoms with Crippen LogP contribution in [-0.2, 0) is 6.54 Å². The van der Waals surface area contributed by atoms with E-state index >= 15 is 0 Å². The van der Waals surface area contributed by atoms with Crippen molar-refractivity contribution in [1.82, 2.24) is 10.3 Å². The molecule has 0 saturated heterocycles. The average Bonchev–Trinajstić information content (AvgIpc) is 2.87. The molecule has 1 aliphatic rings. The number of hydrogen-bond acceptors (Lipinski definition) is 1. The number of hydrogen-bond donors (Lipinski definition) is 2. The summed E-state index contributed by atoms with van der Waals surface area (Å²) in [5.41, 5.74) is 2.47. The zero-order valence-electron chi connectivity index (χ0n) is 13.0. The molecule has 1 fully saturated rings. The van der Waals surface area contributed by atoms with Crippen molar-refractivity contribution in [2.45, 2.75) is 52.1 Å². The van der Waals surface area contributed by atoms with Crippen LogP contribution in [0, 0.1) is 11.8 Å². The van der Waals surface area contributed by atoms with Crippen molar-refractivity contribution in [1.29, 1.82) is 0 Å². The van der Waals surface area contributed by atoms with Crippen LogP contribution in [0.2, 0.25) is 5.02 Å². The van der Waals surface area contributed by atoms with E-state index in [0.29, 0.717) is 6.04 Å². The van der Waals surface area contributed by atoms with Crippen molar-refractivity contribution >= 4 is 22.5 Å². The van der Waals surface area contributed by atoms with E-state index in [9.17, 15) is 0 Å². The standard InChI is InChI=1S/C18H25ClN2/c1-12(2)15-5-3-4-6-17(15)20-10-13-11-21-18-9-14(19)7-8-16(13)18/h7-9,11-12,15,17,20-21H,3-6,10H2,1-2H3. The quantitative estimate of drug-likeness (QED) is 0.805. The van der Waals surface area contributed by atoms with E-state index in [1.165, 1.54) is 36.6 Å². The largest absolute Gasteiger partial charge is 0.361 e. The Labute approximate surface area is 132 Å². The first-order chi connectivity index (χ1) is 10.1. The van der Waals surface area contributed by atoms with Crippen LogP contribution in [0.3, 0.4) is 0 Å². The van der Waals surface area contributed by atoms with Crippen LogP contribution in [0.4, 0.5) is 0 Å². The summed E-state index contributed by atoms with van der Waals surface area (Å²) >= 11 is 6.05. The molecule has 0 amide bonds. The number of halogens is 1. The highest BCUT2D eigenvalue weighted by Crippen LogP contribution is 2.30. The van der Waals surface area contributed by atoms with Crippen LogP contribution in [0.15, 0.2) is 24.4 Å². The maximum atomic E-state index is 6.05. The van der Waals surface area contributed by atoms with E-state index in [1.807, 2.05) is 12.1 Å². The second-order valence-electron chi connectivity index (χ2n) is 6.68. The molecule has 0 radical (unpaired) electrons. The number of fused-ring (bicyclic) bond motifs is 1. The lowest BCUT2D eigenvalue weighted by molar-refractivity contribution is 0.205. The highest BCUT2D eigenvalue weighted by molar-refractivity contribution is 6.31. The highest BCUT2D eigenvalue weighted by Gasteiger charge is 2.27. The molecule has 1 aliphatic carbocycles. The molecule has 0 spiro atoms. The summed E-state index contributed by atoms with van der Waals surface area (Å²) in [6, 6.07) is 6.75. The van der Waals surface area contributed by atoms with Crippen LogP contribution in [0.5, 0.6) is 0 Å². The fourth-order valence-corrected chi connectivity index (χ4v) is 3.93. The van der Waals surface area contributed by atoms with Gasteiger partial charge in [-0.3, -0.25) is 0 Å². The first-order valence-electron chi connectivity index (χ1n) is 8.14. The van der Waals surface area contributed by atoms with Crippen molar-refractivity contribution in [3.63, 3.8) is 0 Å². The molecule has 2 N–H and O–H groups in total. The summed E-state index contributed by atoms with van der Waals surface area (Å²) in [4.78, 5) is 3.33. The fourth-order valence-electron chi connectivity index (χ4n) is 3.76. The van der Waals surface area contributed by atoms with E-state index in [1.54, 1.807) is 0 Å². The van der Waals surface area contributed by atoms with Gasteiger partial charge >= 0.3 is 0 Å². The summed E-state index contributed by atoms with van der Waals surface area (Å²) in [6.07, 6.45) is 7.56. The van der Waals surface area contributed by atoms with E-state index in [2.05, 4.69) is 36.4 Å². The second kappa shape index (κ2) is 6.41. The molecule has 114 valence electrons. The highest BCUT2D eigenvalue weighted by atomic mass is 35.5. The molecule has 3 heteroatoms. The lowest BCUT2D eigenvalue weighted by atomic mass is 9.78. The third-order valence-electron chi connectivity index (χ3n) is 4.96. The SMILES string of the molecule is CC(C)C1CCCCC1NCc1c[nH]c2cc(Cl)ccc12. The molecule has 0 aliphatic heterocycles. The van der Waals surface area contributed by atoms with Gasteiger partial charge in [-0.1, -0.05) is 44.4 Å². The van der Waals surface area contributed by atoms with Crippen molar-refractivity contribution in [3.8, 4) is 0 Å². The predicted molar refractivity (Wildman–Crippen MR) is 90.7 cm³/mol. The average molecular weight is 305 g/mol. The molecule has 1 aromatic heterocycles. The molecule has 21 heavy (non-hydrogen) atoms. The minimum atomic E-state index is 0.663. The van der Waals surface area contributed by atoms with Gasteiger partial charge in [0.2, 0.25) is 0 Å². The number of benzene rings is 1. The van der Waals surface area contributed by atoms with Crippen molar-refractivity contribution in [3.05, 3.63) is 35.0 Å². The van der Waals surface area contributed by atoms with Gasteiger partial charge < -0.3 is 10.3 Å². The van der Waals surface area contributed by atoms with Crippen molar-refractivity contribution < 1.29 is 0 Å². The molecule has 0 bridgehead atoms. The van der Waals surface area contributed by atoms with Crippen LogP contribution < -0.4 is 5.32 Å². The molecule has 1 saturated carbocycles. The normalized spacial score (nSPS) is 23.0. The Morgan fingerprint density at radius 3 is 2.90 bits per heavy atom. The Bertz CT molecular complexity index is 602. The molecule has 2 nitrogen and oxygen atoms in total. The third kappa shape index (κ3) is 3.27. The lowest BCUT2D eigenvalue weighted by Gasteiger charge is -2.35. The predicted octanol–water partition coefficient (Wildman–Crippen LogP) is 5.13. The van der Waals surface area contributed by atoms with Gasteiger partial charge in [0.1, 0.15) is 0 Å². The fraction of sp³-hybridized carbons (Fsp3) is 0.556. The van der Waals surface area contributed by atoms with E-state index < -0.39 is 0 Å². The monoisotopic (exact) mass is 304 g/mol. The van der Waals surface area contributed by atoms with Gasteiger partial charge in [-0.2, -0.15) is 0 Å². The molecule has 3 rings (SSSR count). The number of nitrogens with one attached hydrogen (secondary N) is 2. The van der Waals surface area contributed by atoms with Crippen LogP contribution >= 0.6 is 11.6 Å². The first-order valence-corrected chi connectivity index (χ1v) is 8.52. The summed E-state index contributed by atoms with van der Waals surface area (Å²) in [5, 5.41) is 5.88. The Morgan fingerprint density at radius 1 is 1.29 bits per heavy atom. The van der Waals surface area contributed by atoms with Gasteiger partial charge in [0.15, 0.2) is 0 Å². The van der Waals surface area contributed by atoms with Gasteiger partial charge in [-0.25, -0.2) is 0 Å². The van der Waals surface area contributed by atoms with E-state index in [4.69, 9.17) is 11.6 Å².